The minimum absolute atomic E-state index is 0.395. The number of carbonyl (C=O) groups is 2. The molecule has 5 nitrogen and oxygen atoms in total. The second-order valence-corrected chi connectivity index (χ2v) is 5.43. The Bertz CT molecular complexity index is 583. The van der Waals surface area contributed by atoms with Crippen molar-refractivity contribution in [3.8, 4) is 0 Å². The third-order valence-corrected chi connectivity index (χ3v) is 3.91. The standard InChI is InChI=1S/C13H13Cl2N3O2/c1-3-13(2)11(19)18(12(20)17-13)16-7-8-9(14)5-4-6-10(8)15/h4-7H,3H2,1-2H3,(H,17,20)/b16-7-/t13-/m0/s1. The summed E-state index contributed by atoms with van der Waals surface area (Å²) in [5, 5.41) is 8.09. The lowest BCUT2D eigenvalue weighted by Gasteiger charge is -2.17. The summed E-state index contributed by atoms with van der Waals surface area (Å²) in [6, 6.07) is 4.44. The van der Waals surface area contributed by atoms with E-state index in [1.54, 1.807) is 25.1 Å². The van der Waals surface area contributed by atoms with Crippen LogP contribution in [0.15, 0.2) is 23.3 Å². The fraction of sp³-hybridized carbons (Fsp3) is 0.308. The van der Waals surface area contributed by atoms with E-state index >= 15 is 0 Å². The van der Waals surface area contributed by atoms with Crippen LogP contribution in [0.1, 0.15) is 25.8 Å². The van der Waals surface area contributed by atoms with Gasteiger partial charge >= 0.3 is 6.03 Å². The Morgan fingerprint density at radius 1 is 1.35 bits per heavy atom. The van der Waals surface area contributed by atoms with E-state index in [9.17, 15) is 9.59 Å². The molecule has 1 N–H and O–H groups in total. The summed E-state index contributed by atoms with van der Waals surface area (Å²) >= 11 is 12.0. The van der Waals surface area contributed by atoms with Crippen LogP contribution in [0.2, 0.25) is 10.0 Å². The van der Waals surface area contributed by atoms with E-state index in [4.69, 9.17) is 23.2 Å². The van der Waals surface area contributed by atoms with Crippen LogP contribution < -0.4 is 5.32 Å². The van der Waals surface area contributed by atoms with Gasteiger partial charge in [-0.25, -0.2) is 4.79 Å². The third kappa shape index (κ3) is 2.51. The molecule has 0 unspecified atom stereocenters. The topological polar surface area (TPSA) is 61.8 Å². The highest BCUT2D eigenvalue weighted by atomic mass is 35.5. The molecule has 0 radical (unpaired) electrons. The maximum atomic E-state index is 12.1. The molecule has 1 aromatic rings. The predicted octanol–water partition coefficient (Wildman–Crippen LogP) is 3.05. The Labute approximate surface area is 126 Å². The number of carbonyl (C=O) groups excluding carboxylic acids is 2. The number of nitrogens with one attached hydrogen (secondary N) is 1. The van der Waals surface area contributed by atoms with E-state index in [1.807, 2.05) is 6.92 Å². The van der Waals surface area contributed by atoms with E-state index in [0.717, 1.165) is 5.01 Å². The highest BCUT2D eigenvalue weighted by Gasteiger charge is 2.46. The maximum absolute atomic E-state index is 12.1. The molecule has 1 atom stereocenters. The van der Waals surface area contributed by atoms with Crippen molar-refractivity contribution in [2.75, 3.05) is 0 Å². The van der Waals surface area contributed by atoms with Crippen molar-refractivity contribution in [2.24, 2.45) is 5.10 Å². The first-order valence-electron chi connectivity index (χ1n) is 6.03. The lowest BCUT2D eigenvalue weighted by Crippen LogP contribution is -2.42. The number of hydrazone groups is 1. The molecule has 1 aliphatic rings. The molecule has 1 saturated heterocycles. The van der Waals surface area contributed by atoms with Crippen LogP contribution in [0, 0.1) is 0 Å². The summed E-state index contributed by atoms with van der Waals surface area (Å²) in [5.41, 5.74) is -0.458. The molecule has 0 saturated carbocycles. The van der Waals surface area contributed by atoms with Gasteiger partial charge in [-0.1, -0.05) is 36.2 Å². The normalized spacial score (nSPS) is 22.7. The van der Waals surface area contributed by atoms with E-state index in [1.165, 1.54) is 6.21 Å². The van der Waals surface area contributed by atoms with Gasteiger partial charge < -0.3 is 5.32 Å². The SMILES string of the molecule is CC[C@]1(C)NC(=O)N(/N=C\c2c(Cl)cccc2Cl)C1=O. The van der Waals surface area contributed by atoms with E-state index < -0.39 is 17.5 Å². The van der Waals surface area contributed by atoms with Gasteiger partial charge in [0.2, 0.25) is 0 Å². The Hall–Kier alpha value is -1.59. The van der Waals surface area contributed by atoms with Crippen molar-refractivity contribution in [3.05, 3.63) is 33.8 Å². The van der Waals surface area contributed by atoms with Gasteiger partial charge in [-0.15, -0.1) is 5.01 Å². The summed E-state index contributed by atoms with van der Waals surface area (Å²) in [4.78, 5) is 23.9. The summed E-state index contributed by atoms with van der Waals surface area (Å²) in [6.07, 6.45) is 1.79. The first-order valence-corrected chi connectivity index (χ1v) is 6.79. The second-order valence-electron chi connectivity index (χ2n) is 4.61. The Morgan fingerprint density at radius 3 is 2.45 bits per heavy atom. The first-order chi connectivity index (χ1) is 9.39. The fourth-order valence-corrected chi connectivity index (χ4v) is 2.26. The molecule has 7 heteroatoms. The van der Waals surface area contributed by atoms with E-state index in [-0.39, 0.29) is 0 Å². The van der Waals surface area contributed by atoms with Gasteiger partial charge in [-0.2, -0.15) is 5.10 Å². The van der Waals surface area contributed by atoms with Gasteiger partial charge in [0.25, 0.3) is 5.91 Å². The van der Waals surface area contributed by atoms with Crippen LogP contribution in [0.3, 0.4) is 0 Å². The molecule has 1 heterocycles. The van der Waals surface area contributed by atoms with Crippen molar-refractivity contribution in [2.45, 2.75) is 25.8 Å². The molecule has 2 rings (SSSR count). The Morgan fingerprint density at radius 2 is 1.95 bits per heavy atom. The minimum Gasteiger partial charge on any atom is -0.322 e. The van der Waals surface area contributed by atoms with Gasteiger partial charge in [-0.3, -0.25) is 4.79 Å². The van der Waals surface area contributed by atoms with Crippen LogP contribution in [-0.4, -0.2) is 28.7 Å². The van der Waals surface area contributed by atoms with Gasteiger partial charge in [0.05, 0.1) is 16.3 Å². The van der Waals surface area contributed by atoms with Gasteiger partial charge in [0, 0.05) is 5.56 Å². The summed E-state index contributed by atoms with van der Waals surface area (Å²) in [6.45, 7) is 3.47. The fourth-order valence-electron chi connectivity index (χ4n) is 1.76. The smallest absolute Gasteiger partial charge is 0.322 e. The van der Waals surface area contributed by atoms with Crippen molar-refractivity contribution >= 4 is 41.4 Å². The number of benzene rings is 1. The molecule has 3 amide bonds. The molecule has 0 bridgehead atoms. The highest BCUT2D eigenvalue weighted by molar-refractivity contribution is 6.38. The molecular weight excluding hydrogens is 301 g/mol. The molecule has 1 aliphatic heterocycles. The van der Waals surface area contributed by atoms with Crippen molar-refractivity contribution < 1.29 is 9.59 Å². The number of imide groups is 1. The predicted molar refractivity (Wildman–Crippen MR) is 78.1 cm³/mol. The van der Waals surface area contributed by atoms with Crippen molar-refractivity contribution in [1.29, 1.82) is 0 Å². The van der Waals surface area contributed by atoms with Gasteiger partial charge in [-0.05, 0) is 25.5 Å². The summed E-state index contributed by atoms with van der Waals surface area (Å²) < 4.78 is 0. The maximum Gasteiger partial charge on any atom is 0.346 e. The molecule has 1 aromatic carbocycles. The molecule has 0 spiro atoms. The van der Waals surface area contributed by atoms with E-state index in [0.29, 0.717) is 22.0 Å². The molecule has 0 aromatic heterocycles. The van der Waals surface area contributed by atoms with Crippen LogP contribution in [0.25, 0.3) is 0 Å². The zero-order chi connectivity index (χ0) is 14.9. The van der Waals surface area contributed by atoms with Crippen LogP contribution in [0.5, 0.6) is 0 Å². The van der Waals surface area contributed by atoms with Crippen LogP contribution in [0.4, 0.5) is 4.79 Å². The highest BCUT2D eigenvalue weighted by Crippen LogP contribution is 2.24. The number of urea groups is 1. The zero-order valence-electron chi connectivity index (χ0n) is 11.0. The zero-order valence-corrected chi connectivity index (χ0v) is 12.5. The minimum atomic E-state index is -0.918. The number of nitrogens with zero attached hydrogens (tertiary/aromatic N) is 2. The first kappa shape index (κ1) is 14.8. The monoisotopic (exact) mass is 313 g/mol. The average Bonchev–Trinajstić information content (AvgIpc) is 2.61. The van der Waals surface area contributed by atoms with E-state index in [2.05, 4.69) is 10.4 Å². The second kappa shape index (κ2) is 5.42. The number of rotatable bonds is 3. The lowest BCUT2D eigenvalue weighted by atomic mass is 10.00. The Balaban J connectivity index is 2.29. The van der Waals surface area contributed by atoms with Crippen LogP contribution >= 0.6 is 23.2 Å². The summed E-state index contributed by atoms with van der Waals surface area (Å²) in [5.74, 6) is -0.399. The molecule has 106 valence electrons. The van der Waals surface area contributed by atoms with Crippen molar-refractivity contribution in [3.63, 3.8) is 0 Å². The number of hydrogen-bond donors (Lipinski definition) is 1. The third-order valence-electron chi connectivity index (χ3n) is 3.25. The average molecular weight is 314 g/mol. The summed E-state index contributed by atoms with van der Waals surface area (Å²) in [7, 11) is 0. The van der Waals surface area contributed by atoms with Gasteiger partial charge in [0.15, 0.2) is 0 Å². The van der Waals surface area contributed by atoms with Crippen molar-refractivity contribution in [1.82, 2.24) is 10.3 Å². The van der Waals surface area contributed by atoms with Gasteiger partial charge in [0.1, 0.15) is 5.54 Å². The molecule has 0 aliphatic carbocycles. The Kier molecular flexibility index (Phi) is 4.01. The molecule has 20 heavy (non-hydrogen) atoms. The number of halogens is 2. The van der Waals surface area contributed by atoms with Crippen LogP contribution in [-0.2, 0) is 4.79 Å². The lowest BCUT2D eigenvalue weighted by molar-refractivity contribution is -0.130. The molecule has 1 fully saturated rings. The number of hydrogen-bond acceptors (Lipinski definition) is 3. The quantitative estimate of drug-likeness (QED) is 0.688. The molecular formula is C13H13Cl2N3O2. The largest absolute Gasteiger partial charge is 0.346 e. The number of amides is 3.